The molecule has 1 N–H and O–H groups in total. The van der Waals surface area contributed by atoms with E-state index < -0.39 is 0 Å². The lowest BCUT2D eigenvalue weighted by molar-refractivity contribution is -0.121. The number of hydrogen-bond acceptors (Lipinski definition) is 1. The van der Waals surface area contributed by atoms with Crippen molar-refractivity contribution >= 4 is 21.8 Å². The Labute approximate surface area is 88.6 Å². The van der Waals surface area contributed by atoms with E-state index in [1.807, 2.05) is 13.8 Å². The van der Waals surface area contributed by atoms with E-state index in [1.165, 1.54) is 19.3 Å². The van der Waals surface area contributed by atoms with Gasteiger partial charge in [0.1, 0.15) is 0 Å². The van der Waals surface area contributed by atoms with Crippen LogP contribution in [0.25, 0.3) is 0 Å². The molecule has 0 heterocycles. The van der Waals surface area contributed by atoms with Gasteiger partial charge >= 0.3 is 0 Å². The Bertz CT molecular complexity index is 178. The molecule has 76 valence electrons. The Morgan fingerprint density at radius 1 is 1.54 bits per heavy atom. The fourth-order valence-corrected chi connectivity index (χ4v) is 1.50. The van der Waals surface area contributed by atoms with E-state index in [0.29, 0.717) is 5.92 Å². The van der Waals surface area contributed by atoms with Crippen LogP contribution in [0, 0.1) is 11.8 Å². The number of carbonyl (C=O) groups excluding carboxylic acids is 1. The highest BCUT2D eigenvalue weighted by molar-refractivity contribution is 9.10. The molecule has 0 bridgehead atoms. The van der Waals surface area contributed by atoms with E-state index in [4.69, 9.17) is 0 Å². The van der Waals surface area contributed by atoms with E-state index in [2.05, 4.69) is 21.2 Å². The van der Waals surface area contributed by atoms with E-state index in [-0.39, 0.29) is 10.7 Å². The van der Waals surface area contributed by atoms with Crippen LogP contribution in [0.3, 0.4) is 0 Å². The Kier molecular flexibility index (Phi) is 4.23. The summed E-state index contributed by atoms with van der Waals surface area (Å²) in [5.41, 5.74) is 0. The van der Waals surface area contributed by atoms with Gasteiger partial charge in [-0.3, -0.25) is 4.79 Å². The Morgan fingerprint density at radius 2 is 2.15 bits per heavy atom. The highest BCUT2D eigenvalue weighted by Crippen LogP contribution is 2.25. The van der Waals surface area contributed by atoms with Crippen LogP contribution in [0.1, 0.15) is 33.1 Å². The second-order valence-electron chi connectivity index (χ2n) is 4.19. The molecule has 0 spiro atoms. The summed E-state index contributed by atoms with van der Waals surface area (Å²) in [5, 5.41) is 2.98. The standard InChI is InChI=1S/C10H18BrNO/c1-7(2)9(11)10(13)12-6-8-4-3-5-8/h7-9H,3-6H2,1-2H3,(H,12,13). The van der Waals surface area contributed by atoms with Gasteiger partial charge in [-0.1, -0.05) is 36.2 Å². The number of amides is 1. The molecule has 2 nitrogen and oxygen atoms in total. The average Bonchev–Trinajstić information content (AvgIpc) is 1.99. The number of carbonyl (C=O) groups is 1. The molecular formula is C10H18BrNO. The smallest absolute Gasteiger partial charge is 0.234 e. The molecule has 0 saturated heterocycles. The van der Waals surface area contributed by atoms with Crippen LogP contribution in [-0.4, -0.2) is 17.3 Å². The fourth-order valence-electron chi connectivity index (χ4n) is 1.34. The zero-order chi connectivity index (χ0) is 9.84. The van der Waals surface area contributed by atoms with Crippen LogP contribution in [0.2, 0.25) is 0 Å². The predicted molar refractivity (Wildman–Crippen MR) is 57.9 cm³/mol. The van der Waals surface area contributed by atoms with Gasteiger partial charge in [0.05, 0.1) is 4.83 Å². The van der Waals surface area contributed by atoms with Crippen molar-refractivity contribution in [2.75, 3.05) is 6.54 Å². The minimum absolute atomic E-state index is 0.0347. The summed E-state index contributed by atoms with van der Waals surface area (Å²) in [6.45, 7) is 4.96. The highest BCUT2D eigenvalue weighted by atomic mass is 79.9. The molecular weight excluding hydrogens is 230 g/mol. The third-order valence-electron chi connectivity index (χ3n) is 2.63. The third-order valence-corrected chi connectivity index (χ3v) is 4.10. The third kappa shape index (κ3) is 3.29. The van der Waals surface area contributed by atoms with Crippen LogP contribution < -0.4 is 5.32 Å². The Balaban J connectivity index is 2.16. The zero-order valence-corrected chi connectivity index (χ0v) is 9.93. The summed E-state index contributed by atoms with van der Waals surface area (Å²) in [6.07, 6.45) is 3.91. The van der Waals surface area contributed by atoms with Crippen molar-refractivity contribution in [1.29, 1.82) is 0 Å². The highest BCUT2D eigenvalue weighted by Gasteiger charge is 2.21. The molecule has 13 heavy (non-hydrogen) atoms. The maximum absolute atomic E-state index is 11.5. The monoisotopic (exact) mass is 247 g/mol. The molecule has 0 aromatic carbocycles. The maximum Gasteiger partial charge on any atom is 0.234 e. The van der Waals surface area contributed by atoms with Gasteiger partial charge in [-0.2, -0.15) is 0 Å². The molecule has 1 aliphatic rings. The van der Waals surface area contributed by atoms with E-state index in [1.54, 1.807) is 0 Å². The van der Waals surface area contributed by atoms with Crippen molar-refractivity contribution in [2.45, 2.75) is 37.9 Å². The number of alkyl halides is 1. The molecule has 0 aliphatic heterocycles. The second-order valence-corrected chi connectivity index (χ2v) is 5.17. The summed E-state index contributed by atoms with van der Waals surface area (Å²) in [6, 6.07) is 0. The Morgan fingerprint density at radius 3 is 2.54 bits per heavy atom. The molecule has 1 aliphatic carbocycles. The predicted octanol–water partition coefficient (Wildman–Crippen LogP) is 2.32. The molecule has 0 radical (unpaired) electrons. The second kappa shape index (κ2) is 4.99. The first-order valence-corrected chi connectivity index (χ1v) is 5.94. The van der Waals surface area contributed by atoms with Crippen LogP contribution in [-0.2, 0) is 4.79 Å². The van der Waals surface area contributed by atoms with Gasteiger partial charge < -0.3 is 5.32 Å². The number of halogens is 1. The summed E-state index contributed by atoms with van der Waals surface area (Å²) < 4.78 is 0. The van der Waals surface area contributed by atoms with Crippen molar-refractivity contribution in [1.82, 2.24) is 5.32 Å². The first kappa shape index (κ1) is 11.0. The van der Waals surface area contributed by atoms with Crippen molar-refractivity contribution in [2.24, 2.45) is 11.8 Å². The molecule has 1 saturated carbocycles. The minimum atomic E-state index is -0.0347. The molecule has 1 rings (SSSR count). The maximum atomic E-state index is 11.5. The lowest BCUT2D eigenvalue weighted by atomic mass is 9.85. The van der Waals surface area contributed by atoms with Gasteiger partial charge in [-0.25, -0.2) is 0 Å². The van der Waals surface area contributed by atoms with Gasteiger partial charge in [0.15, 0.2) is 0 Å². The lowest BCUT2D eigenvalue weighted by Crippen LogP contribution is -2.38. The van der Waals surface area contributed by atoms with Gasteiger partial charge in [0, 0.05) is 6.54 Å². The van der Waals surface area contributed by atoms with E-state index in [0.717, 1.165) is 12.5 Å². The van der Waals surface area contributed by atoms with Crippen molar-refractivity contribution in [3.05, 3.63) is 0 Å². The van der Waals surface area contributed by atoms with Crippen molar-refractivity contribution < 1.29 is 4.79 Å². The summed E-state index contributed by atoms with van der Waals surface area (Å²) in [7, 11) is 0. The zero-order valence-electron chi connectivity index (χ0n) is 8.35. The number of rotatable bonds is 4. The quantitative estimate of drug-likeness (QED) is 0.760. The van der Waals surface area contributed by atoms with Gasteiger partial charge in [0.2, 0.25) is 5.91 Å². The summed E-state index contributed by atoms with van der Waals surface area (Å²) in [4.78, 5) is 11.4. The molecule has 1 fully saturated rings. The van der Waals surface area contributed by atoms with Crippen molar-refractivity contribution in [3.8, 4) is 0 Å². The molecule has 1 atom stereocenters. The van der Waals surface area contributed by atoms with Gasteiger partial charge in [0.25, 0.3) is 0 Å². The SMILES string of the molecule is CC(C)C(Br)C(=O)NCC1CCC1. The Hall–Kier alpha value is -0.0500. The summed E-state index contributed by atoms with van der Waals surface area (Å²) in [5.74, 6) is 1.25. The average molecular weight is 248 g/mol. The summed E-state index contributed by atoms with van der Waals surface area (Å²) >= 11 is 3.39. The van der Waals surface area contributed by atoms with Crippen LogP contribution in [0.5, 0.6) is 0 Å². The molecule has 0 aromatic heterocycles. The van der Waals surface area contributed by atoms with Crippen LogP contribution >= 0.6 is 15.9 Å². The van der Waals surface area contributed by atoms with Crippen LogP contribution in [0.15, 0.2) is 0 Å². The van der Waals surface area contributed by atoms with E-state index >= 15 is 0 Å². The molecule has 1 amide bonds. The number of nitrogens with one attached hydrogen (secondary N) is 1. The topological polar surface area (TPSA) is 29.1 Å². The molecule has 3 heteroatoms. The van der Waals surface area contributed by atoms with Gasteiger partial charge in [-0.15, -0.1) is 0 Å². The lowest BCUT2D eigenvalue weighted by Gasteiger charge is -2.26. The normalized spacial score (nSPS) is 19.7. The van der Waals surface area contributed by atoms with Crippen LogP contribution in [0.4, 0.5) is 0 Å². The first-order valence-electron chi connectivity index (χ1n) is 5.03. The van der Waals surface area contributed by atoms with Crippen molar-refractivity contribution in [3.63, 3.8) is 0 Å². The minimum Gasteiger partial charge on any atom is -0.355 e. The first-order chi connectivity index (χ1) is 6.11. The fraction of sp³-hybridized carbons (Fsp3) is 0.900. The number of hydrogen-bond donors (Lipinski definition) is 1. The van der Waals surface area contributed by atoms with E-state index in [9.17, 15) is 4.79 Å². The van der Waals surface area contributed by atoms with Gasteiger partial charge in [-0.05, 0) is 24.7 Å². The largest absolute Gasteiger partial charge is 0.355 e. The molecule has 1 unspecified atom stereocenters. The molecule has 0 aromatic rings.